The van der Waals surface area contributed by atoms with Gasteiger partial charge in [-0.05, 0) is 39.9 Å². The summed E-state index contributed by atoms with van der Waals surface area (Å²) in [7, 11) is 1.64. The van der Waals surface area contributed by atoms with Crippen molar-refractivity contribution in [2.75, 3.05) is 7.11 Å². The summed E-state index contributed by atoms with van der Waals surface area (Å²) in [6.45, 7) is 1.43. The summed E-state index contributed by atoms with van der Waals surface area (Å²) in [5.41, 5.74) is 4.92. The number of hydrogen-bond acceptors (Lipinski definition) is 7. The molecule has 1 N–H and O–H groups in total. The molecular weight excluding hydrogens is 616 g/mol. The van der Waals surface area contributed by atoms with E-state index >= 15 is 0 Å². The molecule has 0 saturated heterocycles. The largest absolute Gasteiger partial charge is 0.497 e. The molecule has 1 saturated carbocycles. The molecule has 1 fully saturated rings. The van der Waals surface area contributed by atoms with Gasteiger partial charge in [-0.1, -0.05) is 133 Å². The Balaban J connectivity index is 1.34. The van der Waals surface area contributed by atoms with Gasteiger partial charge in [0, 0.05) is 0 Å². The van der Waals surface area contributed by atoms with Gasteiger partial charge >= 0.3 is 0 Å². The van der Waals surface area contributed by atoms with Crippen LogP contribution in [0.5, 0.6) is 5.75 Å². The fraction of sp³-hybridized carbons (Fsp3) is 0.286. The van der Waals surface area contributed by atoms with Crippen LogP contribution in [0.1, 0.15) is 27.8 Å². The Morgan fingerprint density at radius 1 is 0.367 bits per heavy atom. The lowest BCUT2D eigenvalue weighted by Gasteiger charge is -2.48. The van der Waals surface area contributed by atoms with Crippen LogP contribution in [0.3, 0.4) is 0 Å². The molecule has 0 spiro atoms. The number of ether oxygens (including phenoxy) is 6. The zero-order valence-electron chi connectivity index (χ0n) is 27.8. The Bertz CT molecular complexity index is 1640. The predicted octanol–water partition coefficient (Wildman–Crippen LogP) is 7.30. The van der Waals surface area contributed by atoms with Gasteiger partial charge < -0.3 is 33.5 Å². The third-order valence-corrected chi connectivity index (χ3v) is 8.71. The smallest absolute Gasteiger partial charge is 0.118 e. The van der Waals surface area contributed by atoms with Crippen molar-refractivity contribution in [1.29, 1.82) is 0 Å². The highest BCUT2D eigenvalue weighted by Gasteiger charge is 2.54. The molecule has 0 aliphatic heterocycles. The number of benzene rings is 5. The van der Waals surface area contributed by atoms with Crippen LogP contribution in [0.15, 0.2) is 146 Å². The van der Waals surface area contributed by atoms with Crippen molar-refractivity contribution in [2.45, 2.75) is 69.7 Å². The molecule has 0 bridgehead atoms. The number of methoxy groups -OCH3 is 1. The lowest BCUT2D eigenvalue weighted by atomic mass is 9.83. The number of aliphatic hydroxyl groups excluding tert-OH is 1. The number of rotatable bonds is 16. The van der Waals surface area contributed by atoms with E-state index in [-0.39, 0.29) is 13.2 Å². The van der Waals surface area contributed by atoms with Crippen LogP contribution < -0.4 is 4.74 Å². The highest BCUT2D eigenvalue weighted by atomic mass is 16.6. The van der Waals surface area contributed by atoms with Gasteiger partial charge in [0.25, 0.3) is 0 Å². The summed E-state index contributed by atoms with van der Waals surface area (Å²) in [5.74, 6) is 0.757. The van der Waals surface area contributed by atoms with Crippen molar-refractivity contribution < 1.29 is 33.5 Å². The predicted molar refractivity (Wildman–Crippen MR) is 188 cm³/mol. The van der Waals surface area contributed by atoms with Gasteiger partial charge in [0.05, 0.1) is 40.1 Å². The van der Waals surface area contributed by atoms with Gasteiger partial charge in [-0.2, -0.15) is 0 Å². The van der Waals surface area contributed by atoms with E-state index in [1.54, 1.807) is 7.11 Å². The normalized spacial score (nSPS) is 22.1. The first-order valence-electron chi connectivity index (χ1n) is 16.7. The maximum absolute atomic E-state index is 12.2. The molecule has 254 valence electrons. The monoisotopic (exact) mass is 660 g/mol. The van der Waals surface area contributed by atoms with E-state index in [1.165, 1.54) is 0 Å². The van der Waals surface area contributed by atoms with Gasteiger partial charge in [0.2, 0.25) is 0 Å². The van der Waals surface area contributed by atoms with Crippen LogP contribution in [0.2, 0.25) is 0 Å². The average molecular weight is 661 g/mol. The molecule has 5 aromatic rings. The first kappa shape index (κ1) is 34.5. The molecule has 0 aromatic heterocycles. The van der Waals surface area contributed by atoms with Crippen LogP contribution in [0, 0.1) is 0 Å². The molecule has 0 radical (unpaired) electrons. The molecule has 49 heavy (non-hydrogen) atoms. The molecule has 7 nitrogen and oxygen atoms in total. The minimum absolute atomic E-state index is 0.239. The first-order chi connectivity index (χ1) is 24.2. The fourth-order valence-corrected chi connectivity index (χ4v) is 6.07. The fourth-order valence-electron chi connectivity index (χ4n) is 6.07. The Morgan fingerprint density at radius 2 is 0.633 bits per heavy atom. The standard InChI is InChI=1S/C42H44O7/c1-44-36-24-22-35(23-25-36)30-46-39-37(43)38(45-26-31-14-6-2-7-15-31)40(47-27-32-16-8-3-9-17-32)42(49-29-34-20-12-5-13-21-34)41(39)48-28-33-18-10-4-11-19-33/h2-25,37-43H,26-30H2,1H3/t37-,38-,39+,40+,41+,42?/m0/s1. The molecule has 1 aliphatic rings. The van der Waals surface area contributed by atoms with E-state index in [9.17, 15) is 5.11 Å². The van der Waals surface area contributed by atoms with E-state index in [1.807, 2.05) is 146 Å². The molecule has 5 aromatic carbocycles. The summed E-state index contributed by atoms with van der Waals surface area (Å²) in [6.07, 6.45) is -4.73. The van der Waals surface area contributed by atoms with Crippen molar-refractivity contribution in [3.05, 3.63) is 173 Å². The minimum Gasteiger partial charge on any atom is -0.497 e. The molecule has 1 aliphatic carbocycles. The van der Waals surface area contributed by atoms with Crippen LogP contribution in [0.4, 0.5) is 0 Å². The molecule has 1 unspecified atom stereocenters. The van der Waals surface area contributed by atoms with Crippen molar-refractivity contribution in [3.63, 3.8) is 0 Å². The zero-order chi connectivity index (χ0) is 33.7. The van der Waals surface area contributed by atoms with Crippen molar-refractivity contribution in [2.24, 2.45) is 0 Å². The third kappa shape index (κ3) is 9.64. The third-order valence-electron chi connectivity index (χ3n) is 8.71. The quantitative estimate of drug-likeness (QED) is 0.119. The highest BCUT2D eigenvalue weighted by molar-refractivity contribution is 5.27. The lowest BCUT2D eigenvalue weighted by Crippen LogP contribution is -2.66. The molecule has 6 rings (SSSR count). The van der Waals surface area contributed by atoms with Crippen LogP contribution in [-0.2, 0) is 56.7 Å². The maximum atomic E-state index is 12.2. The Morgan fingerprint density at radius 3 is 0.939 bits per heavy atom. The summed E-state index contributed by atoms with van der Waals surface area (Å²) < 4.78 is 38.7. The summed E-state index contributed by atoms with van der Waals surface area (Å²) in [6, 6.07) is 47.6. The minimum atomic E-state index is -1.10. The van der Waals surface area contributed by atoms with Crippen LogP contribution in [-0.4, -0.2) is 48.8 Å². The molecule has 7 heteroatoms. The number of aliphatic hydroxyl groups is 1. The number of hydrogen-bond donors (Lipinski definition) is 1. The Labute approximate surface area is 289 Å². The Kier molecular flexibility index (Phi) is 12.6. The lowest BCUT2D eigenvalue weighted by molar-refractivity contribution is -0.283. The summed E-state index contributed by atoms with van der Waals surface area (Å²) in [5, 5.41) is 12.2. The van der Waals surface area contributed by atoms with Crippen LogP contribution >= 0.6 is 0 Å². The van der Waals surface area contributed by atoms with Gasteiger partial charge in [0.15, 0.2) is 0 Å². The molecule has 0 heterocycles. The Hall–Kier alpha value is -4.34. The SMILES string of the molecule is COc1ccc(CO[C@@H]2[C@@H](O)[C@H](OCc3ccccc3)[C@@H](OCc3ccccc3)C(OCc3ccccc3)[C@@H]2OCc2ccccc2)cc1. The molecular formula is C42H44O7. The van der Waals surface area contributed by atoms with Crippen molar-refractivity contribution in [3.8, 4) is 5.75 Å². The zero-order valence-corrected chi connectivity index (χ0v) is 27.8. The van der Waals surface area contributed by atoms with E-state index in [4.69, 9.17) is 28.4 Å². The first-order valence-corrected chi connectivity index (χ1v) is 16.7. The van der Waals surface area contributed by atoms with Crippen molar-refractivity contribution >= 4 is 0 Å². The molecule has 6 atom stereocenters. The maximum Gasteiger partial charge on any atom is 0.118 e. The summed E-state index contributed by atoms with van der Waals surface area (Å²) in [4.78, 5) is 0. The van der Waals surface area contributed by atoms with Gasteiger partial charge in [-0.25, -0.2) is 0 Å². The molecule has 0 amide bonds. The second-order valence-corrected chi connectivity index (χ2v) is 12.2. The van der Waals surface area contributed by atoms with Crippen LogP contribution in [0.25, 0.3) is 0 Å². The second-order valence-electron chi connectivity index (χ2n) is 12.2. The van der Waals surface area contributed by atoms with E-state index in [0.29, 0.717) is 19.8 Å². The van der Waals surface area contributed by atoms with E-state index in [0.717, 1.165) is 33.6 Å². The summed E-state index contributed by atoms with van der Waals surface area (Å²) >= 11 is 0. The van der Waals surface area contributed by atoms with E-state index in [2.05, 4.69) is 0 Å². The van der Waals surface area contributed by atoms with Gasteiger partial charge in [-0.3, -0.25) is 0 Å². The average Bonchev–Trinajstić information content (AvgIpc) is 3.16. The highest BCUT2D eigenvalue weighted by Crippen LogP contribution is 2.35. The van der Waals surface area contributed by atoms with E-state index < -0.39 is 36.6 Å². The van der Waals surface area contributed by atoms with Crippen molar-refractivity contribution in [1.82, 2.24) is 0 Å². The topological polar surface area (TPSA) is 75.6 Å². The van der Waals surface area contributed by atoms with Gasteiger partial charge in [-0.15, -0.1) is 0 Å². The van der Waals surface area contributed by atoms with Gasteiger partial charge in [0.1, 0.15) is 42.4 Å². The second kappa shape index (κ2) is 17.9.